The Balaban J connectivity index is 0.00000464. The molecule has 3 aliphatic carbocycles. The molecule has 2 bridgehead atoms. The summed E-state index contributed by atoms with van der Waals surface area (Å²) in [5.74, 6) is 0.740. The Kier molecular flexibility index (Phi) is 10.3. The van der Waals surface area contributed by atoms with Gasteiger partial charge in [-0.2, -0.15) is 4.98 Å². The summed E-state index contributed by atoms with van der Waals surface area (Å²) in [6.45, 7) is 10.9. The molecule has 0 radical (unpaired) electrons. The summed E-state index contributed by atoms with van der Waals surface area (Å²) in [4.78, 5) is 29.8. The van der Waals surface area contributed by atoms with Crippen LogP contribution in [0.2, 0.25) is 0 Å². The Morgan fingerprint density at radius 1 is 1.04 bits per heavy atom. The van der Waals surface area contributed by atoms with Gasteiger partial charge in [0.05, 0.1) is 28.0 Å². The van der Waals surface area contributed by atoms with Crippen LogP contribution in [0.3, 0.4) is 0 Å². The van der Waals surface area contributed by atoms with E-state index >= 15 is 0 Å². The van der Waals surface area contributed by atoms with Gasteiger partial charge in [-0.1, -0.05) is 38.1 Å². The highest BCUT2D eigenvalue weighted by molar-refractivity contribution is 7.92. The quantitative estimate of drug-likeness (QED) is 0.104. The van der Waals surface area contributed by atoms with Gasteiger partial charge in [0.1, 0.15) is 17.9 Å². The van der Waals surface area contributed by atoms with Crippen LogP contribution in [0.4, 0.5) is 5.95 Å². The lowest BCUT2D eigenvalue weighted by molar-refractivity contribution is -0.119. The second-order valence-corrected chi connectivity index (χ2v) is 16.1. The third-order valence-corrected chi connectivity index (χ3v) is 11.5. The van der Waals surface area contributed by atoms with Gasteiger partial charge in [0.2, 0.25) is 17.5 Å². The standard InChI is InChI=1S/C38H42N6O6S.ClH/c1-21(2)34-24(5)33-35(50-34)40-19-28(41-33)18-39-27(17-38-14-25(15-38)16-38)20-49-31-13-30(32-22(3)8-6-9-23(32)4)42-37(43-31)44-51(47,48)29-11-7-10-26(12-29)36(45)46;/h6-13,19,21,25,27,39H,14-18,20H2,1-5H3,(H,45,46)(H,42,43,44);1H/t25?,27-,38?;/m1./s1. The van der Waals surface area contributed by atoms with Gasteiger partial charge in [-0.05, 0) is 87.1 Å². The van der Waals surface area contributed by atoms with E-state index in [4.69, 9.17) is 14.1 Å². The number of aryl methyl sites for hydroxylation is 3. The Hall–Kier alpha value is -4.59. The number of furan rings is 1. The first-order valence-electron chi connectivity index (χ1n) is 17.2. The van der Waals surface area contributed by atoms with Crippen molar-refractivity contribution in [2.45, 2.75) is 83.7 Å². The van der Waals surface area contributed by atoms with Crippen molar-refractivity contribution in [2.75, 3.05) is 11.3 Å². The number of benzene rings is 2. The van der Waals surface area contributed by atoms with E-state index in [0.29, 0.717) is 23.4 Å². The normalized spacial score (nSPS) is 18.3. The summed E-state index contributed by atoms with van der Waals surface area (Å²) in [5, 5.41) is 13.1. The van der Waals surface area contributed by atoms with Crippen molar-refractivity contribution in [1.29, 1.82) is 0 Å². The van der Waals surface area contributed by atoms with Gasteiger partial charge in [0, 0.05) is 35.7 Å². The third-order valence-electron chi connectivity index (χ3n) is 10.2. The number of anilines is 1. The van der Waals surface area contributed by atoms with Gasteiger partial charge in [-0.25, -0.2) is 32.9 Å². The van der Waals surface area contributed by atoms with Crippen molar-refractivity contribution >= 4 is 45.6 Å². The molecule has 2 aromatic carbocycles. The maximum absolute atomic E-state index is 13.4. The monoisotopic (exact) mass is 746 g/mol. The number of fused-ring (bicyclic) bond motifs is 1. The van der Waals surface area contributed by atoms with Crippen LogP contribution in [0.1, 0.15) is 84.0 Å². The molecule has 0 aliphatic heterocycles. The molecule has 0 amide bonds. The van der Waals surface area contributed by atoms with Crippen LogP contribution in [0, 0.1) is 32.1 Å². The number of aromatic carboxylic acids is 1. The van der Waals surface area contributed by atoms with Crippen molar-refractivity contribution in [3.05, 3.63) is 88.4 Å². The van der Waals surface area contributed by atoms with Gasteiger partial charge >= 0.3 is 5.97 Å². The summed E-state index contributed by atoms with van der Waals surface area (Å²) in [5.41, 5.74) is 6.53. The van der Waals surface area contributed by atoms with Crippen LogP contribution >= 0.6 is 12.4 Å². The van der Waals surface area contributed by atoms with Crippen molar-refractivity contribution in [3.63, 3.8) is 0 Å². The Bertz CT molecular complexity index is 2220. The minimum Gasteiger partial charge on any atom is -0.478 e. The Labute approximate surface area is 309 Å². The van der Waals surface area contributed by atoms with Gasteiger partial charge in [0.25, 0.3) is 10.0 Å². The number of carboxylic acid groups (broad SMARTS) is 1. The molecule has 14 heteroatoms. The van der Waals surface area contributed by atoms with E-state index < -0.39 is 16.0 Å². The fraction of sp³-hybridized carbons (Fsp3) is 0.395. The Morgan fingerprint density at radius 3 is 2.40 bits per heavy atom. The first-order valence-corrected chi connectivity index (χ1v) is 18.7. The van der Waals surface area contributed by atoms with Crippen LogP contribution in [0.5, 0.6) is 5.88 Å². The van der Waals surface area contributed by atoms with Crippen LogP contribution in [0.15, 0.2) is 64.0 Å². The highest BCUT2D eigenvalue weighted by atomic mass is 35.5. The maximum Gasteiger partial charge on any atom is 0.335 e. The molecule has 3 saturated carbocycles. The molecule has 8 rings (SSSR count). The molecule has 1 atom stereocenters. The third kappa shape index (κ3) is 7.48. The average molecular weight is 747 g/mol. The zero-order valence-corrected chi connectivity index (χ0v) is 31.4. The summed E-state index contributed by atoms with van der Waals surface area (Å²) in [6.07, 6.45) is 6.34. The van der Waals surface area contributed by atoms with Crippen molar-refractivity contribution < 1.29 is 27.5 Å². The molecule has 0 unspecified atom stereocenters. The molecule has 274 valence electrons. The average Bonchev–Trinajstić information content (AvgIpc) is 3.38. The fourth-order valence-corrected chi connectivity index (χ4v) is 8.58. The molecule has 52 heavy (non-hydrogen) atoms. The van der Waals surface area contributed by atoms with Gasteiger partial charge in [-0.3, -0.25) is 0 Å². The number of hydrogen-bond donors (Lipinski definition) is 3. The lowest BCUT2D eigenvalue weighted by Gasteiger charge is -2.63. The number of nitrogens with zero attached hydrogens (tertiary/aromatic N) is 4. The predicted octanol–water partition coefficient (Wildman–Crippen LogP) is 7.38. The Morgan fingerprint density at radius 2 is 1.75 bits per heavy atom. The number of ether oxygens (including phenoxy) is 1. The molecule has 3 N–H and O–H groups in total. The van der Waals surface area contributed by atoms with E-state index in [2.05, 4.69) is 38.8 Å². The maximum atomic E-state index is 13.4. The largest absolute Gasteiger partial charge is 0.478 e. The van der Waals surface area contributed by atoms with Crippen molar-refractivity contribution in [1.82, 2.24) is 25.3 Å². The highest BCUT2D eigenvalue weighted by Crippen LogP contribution is 2.66. The van der Waals surface area contributed by atoms with Crippen molar-refractivity contribution in [2.24, 2.45) is 11.3 Å². The summed E-state index contributed by atoms with van der Waals surface area (Å²) in [6, 6.07) is 12.7. The van der Waals surface area contributed by atoms with E-state index in [-0.39, 0.29) is 53.3 Å². The molecule has 3 aliphatic rings. The number of carbonyl (C=O) groups is 1. The highest BCUT2D eigenvalue weighted by Gasteiger charge is 2.56. The van der Waals surface area contributed by atoms with Crippen LogP contribution in [-0.4, -0.2) is 52.1 Å². The SMILES string of the molecule is Cc1cccc(C)c1-c1cc(OC[C@@H](CC23CC(C2)C3)NCc2cnc3oc(C(C)C)c(C)c3n2)nc(NS(=O)(=O)c2cccc(C(=O)O)c2)n1.Cl. The van der Waals surface area contributed by atoms with Gasteiger partial charge in [-0.15, -0.1) is 12.4 Å². The van der Waals surface area contributed by atoms with E-state index in [0.717, 1.165) is 57.6 Å². The first-order chi connectivity index (χ1) is 24.3. The number of rotatable bonds is 14. The molecule has 0 spiro atoms. The molecule has 3 aromatic heterocycles. The topological polar surface area (TPSA) is 169 Å². The van der Waals surface area contributed by atoms with E-state index in [1.807, 2.05) is 39.0 Å². The second kappa shape index (κ2) is 14.4. The number of sulfonamides is 1. The number of carboxylic acids is 1. The predicted molar refractivity (Wildman–Crippen MR) is 200 cm³/mol. The zero-order valence-electron chi connectivity index (χ0n) is 29.8. The summed E-state index contributed by atoms with van der Waals surface area (Å²) in [7, 11) is -4.24. The number of nitrogens with one attached hydrogen (secondary N) is 2. The molecule has 12 nitrogen and oxygen atoms in total. The van der Waals surface area contributed by atoms with E-state index in [1.165, 1.54) is 37.5 Å². The number of aromatic nitrogens is 4. The minimum absolute atomic E-state index is 0. The van der Waals surface area contributed by atoms with E-state index in [1.54, 1.807) is 12.3 Å². The molecule has 5 aromatic rings. The van der Waals surface area contributed by atoms with Crippen molar-refractivity contribution in [3.8, 4) is 17.1 Å². The van der Waals surface area contributed by atoms with Gasteiger partial charge < -0.3 is 19.6 Å². The molecule has 3 fully saturated rings. The summed E-state index contributed by atoms with van der Waals surface area (Å²) >= 11 is 0. The molecule has 0 saturated heterocycles. The number of hydrogen-bond acceptors (Lipinski definition) is 10. The molecular formula is C38H43ClN6O6S. The van der Waals surface area contributed by atoms with Crippen LogP contribution in [0.25, 0.3) is 22.5 Å². The zero-order chi connectivity index (χ0) is 36.1. The smallest absolute Gasteiger partial charge is 0.335 e. The summed E-state index contributed by atoms with van der Waals surface area (Å²) < 4.78 is 41.7. The van der Waals surface area contributed by atoms with E-state index in [9.17, 15) is 18.3 Å². The fourth-order valence-electron chi connectivity index (χ4n) is 7.59. The molecular weight excluding hydrogens is 704 g/mol. The lowest BCUT2D eigenvalue weighted by atomic mass is 9.43. The van der Waals surface area contributed by atoms with Crippen LogP contribution in [-0.2, 0) is 16.6 Å². The molecule has 3 heterocycles. The first kappa shape index (κ1) is 37.2. The number of halogens is 1. The lowest BCUT2D eigenvalue weighted by Crippen LogP contribution is -2.55. The van der Waals surface area contributed by atoms with Gasteiger partial charge in [0.15, 0.2) is 0 Å². The minimum atomic E-state index is -4.24. The second-order valence-electron chi connectivity index (χ2n) is 14.5. The van der Waals surface area contributed by atoms with Crippen LogP contribution < -0.4 is 14.8 Å².